The lowest BCUT2D eigenvalue weighted by molar-refractivity contribution is -0.137. The van der Waals surface area contributed by atoms with Gasteiger partial charge in [-0.2, -0.15) is 0 Å². The number of hydrogen-bond donors (Lipinski definition) is 1. The minimum atomic E-state index is -0.389. The lowest BCUT2D eigenvalue weighted by Gasteiger charge is -1.99. The number of ether oxygens (including phenoxy) is 1. The fourth-order valence-electron chi connectivity index (χ4n) is 0.942. The standard InChI is InChI=1S/C10H11BrN2O2/c1-2-15-10(14)4-3-7-6-13-9(11)5-8(7)12/h3-6H,2H2,1H3,(H2,12,13)/b4-3+. The minimum absolute atomic E-state index is 0.358. The van der Waals surface area contributed by atoms with Crippen molar-refractivity contribution in [3.8, 4) is 0 Å². The fourth-order valence-corrected chi connectivity index (χ4v) is 1.29. The monoisotopic (exact) mass is 270 g/mol. The van der Waals surface area contributed by atoms with Gasteiger partial charge in [0.05, 0.1) is 6.61 Å². The molecule has 15 heavy (non-hydrogen) atoms. The first-order valence-electron chi connectivity index (χ1n) is 4.39. The number of nitrogen functional groups attached to an aromatic ring is 1. The molecular weight excluding hydrogens is 260 g/mol. The van der Waals surface area contributed by atoms with Gasteiger partial charge in [0, 0.05) is 23.5 Å². The van der Waals surface area contributed by atoms with Crippen molar-refractivity contribution >= 4 is 33.7 Å². The molecule has 2 N–H and O–H groups in total. The van der Waals surface area contributed by atoms with Crippen molar-refractivity contribution in [1.82, 2.24) is 4.98 Å². The van der Waals surface area contributed by atoms with E-state index in [1.165, 1.54) is 6.08 Å². The maximum atomic E-state index is 11.0. The van der Waals surface area contributed by atoms with Gasteiger partial charge in [0.1, 0.15) is 4.60 Å². The Balaban J connectivity index is 2.76. The highest BCUT2D eigenvalue weighted by Crippen LogP contribution is 2.16. The number of carbonyl (C=O) groups is 1. The number of anilines is 1. The molecule has 0 atom stereocenters. The lowest BCUT2D eigenvalue weighted by Crippen LogP contribution is -1.99. The van der Waals surface area contributed by atoms with E-state index in [9.17, 15) is 4.79 Å². The Kier molecular flexibility index (Phi) is 4.30. The Morgan fingerprint density at radius 2 is 2.47 bits per heavy atom. The van der Waals surface area contributed by atoms with E-state index in [0.717, 1.165) is 0 Å². The highest BCUT2D eigenvalue weighted by molar-refractivity contribution is 9.10. The SMILES string of the molecule is CCOC(=O)/C=C/c1cnc(Br)cc1N. The molecule has 1 aromatic heterocycles. The Labute approximate surface area is 96.3 Å². The molecule has 0 saturated heterocycles. The van der Waals surface area contributed by atoms with Crippen molar-refractivity contribution < 1.29 is 9.53 Å². The Bertz CT molecular complexity index is 391. The molecule has 1 aromatic rings. The zero-order valence-electron chi connectivity index (χ0n) is 8.24. The smallest absolute Gasteiger partial charge is 0.330 e. The summed E-state index contributed by atoms with van der Waals surface area (Å²) < 4.78 is 5.39. The molecular formula is C10H11BrN2O2. The van der Waals surface area contributed by atoms with Crippen LogP contribution in [0.1, 0.15) is 12.5 Å². The van der Waals surface area contributed by atoms with E-state index in [-0.39, 0.29) is 5.97 Å². The average molecular weight is 271 g/mol. The lowest BCUT2D eigenvalue weighted by atomic mass is 10.2. The van der Waals surface area contributed by atoms with Gasteiger partial charge >= 0.3 is 5.97 Å². The van der Waals surface area contributed by atoms with Crippen LogP contribution in [0.5, 0.6) is 0 Å². The molecule has 0 aliphatic heterocycles. The van der Waals surface area contributed by atoms with Gasteiger partial charge < -0.3 is 10.5 Å². The van der Waals surface area contributed by atoms with Gasteiger partial charge in [-0.25, -0.2) is 9.78 Å². The summed E-state index contributed by atoms with van der Waals surface area (Å²) in [5, 5.41) is 0. The highest BCUT2D eigenvalue weighted by Gasteiger charge is 1.99. The van der Waals surface area contributed by atoms with Crippen molar-refractivity contribution in [2.45, 2.75) is 6.92 Å². The summed E-state index contributed by atoms with van der Waals surface area (Å²) in [4.78, 5) is 15.0. The number of carbonyl (C=O) groups excluding carboxylic acids is 1. The summed E-state index contributed by atoms with van der Waals surface area (Å²) in [6, 6.07) is 1.67. The van der Waals surface area contributed by atoms with Crippen molar-refractivity contribution in [2.75, 3.05) is 12.3 Å². The molecule has 0 unspecified atom stereocenters. The van der Waals surface area contributed by atoms with Gasteiger partial charge in [-0.05, 0) is 35.0 Å². The number of aromatic nitrogens is 1. The third-order valence-corrected chi connectivity index (χ3v) is 2.05. The number of hydrogen-bond acceptors (Lipinski definition) is 4. The maximum Gasteiger partial charge on any atom is 0.330 e. The topological polar surface area (TPSA) is 65.2 Å². The first kappa shape index (κ1) is 11.7. The van der Waals surface area contributed by atoms with Crippen LogP contribution in [0.15, 0.2) is 22.9 Å². The molecule has 80 valence electrons. The summed E-state index contributed by atoms with van der Waals surface area (Å²) in [5.41, 5.74) is 6.95. The minimum Gasteiger partial charge on any atom is -0.463 e. The van der Waals surface area contributed by atoms with Crippen LogP contribution in [-0.4, -0.2) is 17.6 Å². The maximum absolute atomic E-state index is 11.0. The second kappa shape index (κ2) is 5.50. The van der Waals surface area contributed by atoms with E-state index in [4.69, 9.17) is 10.5 Å². The molecule has 0 radical (unpaired) electrons. The van der Waals surface area contributed by atoms with Gasteiger partial charge in [0.2, 0.25) is 0 Å². The molecule has 0 fully saturated rings. The second-order valence-corrected chi connectivity index (χ2v) is 3.53. The van der Waals surface area contributed by atoms with Crippen LogP contribution in [0.25, 0.3) is 6.08 Å². The van der Waals surface area contributed by atoms with Crippen molar-refractivity contribution in [1.29, 1.82) is 0 Å². The van der Waals surface area contributed by atoms with Crippen LogP contribution >= 0.6 is 15.9 Å². The molecule has 0 spiro atoms. The van der Waals surface area contributed by atoms with Crippen molar-refractivity contribution in [2.24, 2.45) is 0 Å². The second-order valence-electron chi connectivity index (χ2n) is 2.72. The van der Waals surface area contributed by atoms with Gasteiger partial charge in [0.15, 0.2) is 0 Å². The number of esters is 1. The van der Waals surface area contributed by atoms with Crippen LogP contribution in [0.3, 0.4) is 0 Å². The summed E-state index contributed by atoms with van der Waals surface area (Å²) in [7, 11) is 0. The fraction of sp³-hybridized carbons (Fsp3) is 0.200. The zero-order chi connectivity index (χ0) is 11.3. The highest BCUT2D eigenvalue weighted by atomic mass is 79.9. The average Bonchev–Trinajstić information content (AvgIpc) is 2.17. The number of nitrogens with zero attached hydrogens (tertiary/aromatic N) is 1. The first-order valence-corrected chi connectivity index (χ1v) is 5.18. The first-order chi connectivity index (χ1) is 7.13. The van der Waals surface area contributed by atoms with Gasteiger partial charge in [-0.1, -0.05) is 0 Å². The van der Waals surface area contributed by atoms with Crippen LogP contribution in [0, 0.1) is 0 Å². The van der Waals surface area contributed by atoms with Gasteiger partial charge in [-0.15, -0.1) is 0 Å². The van der Waals surface area contributed by atoms with Crippen LogP contribution in [0.4, 0.5) is 5.69 Å². The third-order valence-electron chi connectivity index (χ3n) is 1.62. The third kappa shape index (κ3) is 3.71. The van der Waals surface area contributed by atoms with E-state index in [0.29, 0.717) is 22.5 Å². The Morgan fingerprint density at radius 1 is 1.73 bits per heavy atom. The molecule has 4 nitrogen and oxygen atoms in total. The predicted octanol–water partition coefficient (Wildman–Crippen LogP) is 2.00. The van der Waals surface area contributed by atoms with Crippen LogP contribution < -0.4 is 5.73 Å². The summed E-state index contributed by atoms with van der Waals surface area (Å²) >= 11 is 3.19. The van der Waals surface area contributed by atoms with Gasteiger partial charge in [0.25, 0.3) is 0 Å². The number of rotatable bonds is 3. The van der Waals surface area contributed by atoms with Crippen molar-refractivity contribution in [3.05, 3.63) is 28.5 Å². The van der Waals surface area contributed by atoms with E-state index in [1.54, 1.807) is 25.3 Å². The summed E-state index contributed by atoms with van der Waals surface area (Å²) in [6.07, 6.45) is 4.48. The zero-order valence-corrected chi connectivity index (χ0v) is 9.82. The number of halogens is 1. The predicted molar refractivity (Wildman–Crippen MR) is 62.0 cm³/mol. The largest absolute Gasteiger partial charge is 0.463 e. The van der Waals surface area contributed by atoms with Gasteiger partial charge in [-0.3, -0.25) is 0 Å². The van der Waals surface area contributed by atoms with Crippen LogP contribution in [-0.2, 0) is 9.53 Å². The molecule has 0 bridgehead atoms. The molecule has 0 aliphatic rings. The quantitative estimate of drug-likeness (QED) is 0.518. The number of nitrogens with two attached hydrogens (primary N) is 1. The van der Waals surface area contributed by atoms with E-state index >= 15 is 0 Å². The Hall–Kier alpha value is -1.36. The van der Waals surface area contributed by atoms with Crippen molar-refractivity contribution in [3.63, 3.8) is 0 Å². The molecule has 0 aromatic carbocycles. The molecule has 0 aliphatic carbocycles. The number of pyridine rings is 1. The summed E-state index contributed by atoms with van der Waals surface area (Å²) in [5.74, 6) is -0.389. The molecule has 1 rings (SSSR count). The van der Waals surface area contributed by atoms with Crippen LogP contribution in [0.2, 0.25) is 0 Å². The molecule has 0 saturated carbocycles. The molecule has 0 amide bonds. The molecule has 5 heteroatoms. The Morgan fingerprint density at radius 3 is 3.07 bits per heavy atom. The van der Waals surface area contributed by atoms with E-state index < -0.39 is 0 Å². The normalized spacial score (nSPS) is 10.5. The van der Waals surface area contributed by atoms with E-state index in [2.05, 4.69) is 20.9 Å². The van der Waals surface area contributed by atoms with E-state index in [1.807, 2.05) is 0 Å². The summed E-state index contributed by atoms with van der Waals surface area (Å²) in [6.45, 7) is 2.11. The molecule has 1 heterocycles.